The van der Waals surface area contributed by atoms with Crippen molar-refractivity contribution in [3.63, 3.8) is 0 Å². The summed E-state index contributed by atoms with van der Waals surface area (Å²) in [5, 5.41) is 0.262. The van der Waals surface area contributed by atoms with Crippen molar-refractivity contribution in [2.24, 2.45) is 0 Å². The van der Waals surface area contributed by atoms with Gasteiger partial charge >= 0.3 is 0 Å². The first-order valence-electron chi connectivity index (χ1n) is 10.0. The van der Waals surface area contributed by atoms with Crippen LogP contribution >= 0.6 is 11.6 Å². The number of anilines is 1. The molecule has 0 radical (unpaired) electrons. The Morgan fingerprint density at radius 3 is 1.88 bits per heavy atom. The van der Waals surface area contributed by atoms with Crippen molar-refractivity contribution in [1.82, 2.24) is 4.72 Å². The van der Waals surface area contributed by atoms with Gasteiger partial charge in [-0.3, -0.25) is 0 Å². The van der Waals surface area contributed by atoms with Crippen LogP contribution in [0.4, 0.5) is 5.69 Å². The zero-order valence-corrected chi connectivity index (χ0v) is 17.7. The number of sulfonamides is 1. The van der Waals surface area contributed by atoms with Gasteiger partial charge in [0.1, 0.15) is 0 Å². The van der Waals surface area contributed by atoms with Gasteiger partial charge in [0, 0.05) is 6.54 Å². The number of hydrogen-bond acceptors (Lipinski definition) is 3. The molecule has 0 aliphatic heterocycles. The molecule has 0 saturated heterocycles. The summed E-state index contributed by atoms with van der Waals surface area (Å²) < 4.78 is 27.0. The minimum atomic E-state index is -3.50. The number of unbranched alkanes of at least 4 members (excludes halogenated alkanes) is 11. The summed E-state index contributed by atoms with van der Waals surface area (Å²) in [4.78, 5) is 0.163. The molecular formula is C20H35ClN2O2S. The van der Waals surface area contributed by atoms with E-state index in [9.17, 15) is 8.42 Å². The maximum atomic E-state index is 12.2. The second-order valence-electron chi connectivity index (χ2n) is 6.97. The van der Waals surface area contributed by atoms with Gasteiger partial charge in [-0.25, -0.2) is 13.1 Å². The van der Waals surface area contributed by atoms with Gasteiger partial charge in [0.25, 0.3) is 0 Å². The highest BCUT2D eigenvalue weighted by Gasteiger charge is 2.14. The largest absolute Gasteiger partial charge is 0.398 e. The quantitative estimate of drug-likeness (QED) is 0.283. The van der Waals surface area contributed by atoms with Gasteiger partial charge in [-0.2, -0.15) is 0 Å². The Bertz CT molecular complexity index is 606. The summed E-state index contributed by atoms with van der Waals surface area (Å²) in [6.45, 7) is 2.71. The molecule has 6 heteroatoms. The fourth-order valence-corrected chi connectivity index (χ4v) is 4.28. The van der Waals surface area contributed by atoms with Gasteiger partial charge in [-0.1, -0.05) is 89.2 Å². The molecule has 150 valence electrons. The standard InChI is InChI=1S/C20H35ClN2O2S/c1-2-3-4-5-6-7-8-9-10-11-12-13-16-23-26(24,25)18-14-15-20(22)19(21)17-18/h14-15,17,23H,2-13,16,22H2,1H3. The Hall–Kier alpha value is -0.780. The van der Waals surface area contributed by atoms with Crippen molar-refractivity contribution >= 4 is 27.3 Å². The van der Waals surface area contributed by atoms with Gasteiger partial charge in [0.2, 0.25) is 10.0 Å². The molecule has 0 aromatic heterocycles. The fraction of sp³-hybridized carbons (Fsp3) is 0.700. The summed E-state index contributed by atoms with van der Waals surface area (Å²) in [6, 6.07) is 4.38. The van der Waals surface area contributed by atoms with Crippen LogP contribution in [-0.2, 0) is 10.0 Å². The Morgan fingerprint density at radius 2 is 1.38 bits per heavy atom. The van der Waals surface area contributed by atoms with Gasteiger partial charge < -0.3 is 5.73 Å². The molecule has 4 nitrogen and oxygen atoms in total. The molecule has 0 unspecified atom stereocenters. The molecule has 0 fully saturated rings. The number of rotatable bonds is 15. The van der Waals surface area contributed by atoms with E-state index in [1.54, 1.807) is 0 Å². The molecule has 0 heterocycles. The topological polar surface area (TPSA) is 72.2 Å². The van der Waals surface area contributed by atoms with Gasteiger partial charge in [-0.15, -0.1) is 0 Å². The first-order valence-corrected chi connectivity index (χ1v) is 11.9. The predicted octanol–water partition coefficient (Wildman–Crippen LogP) is 5.90. The normalized spacial score (nSPS) is 11.8. The van der Waals surface area contributed by atoms with Gasteiger partial charge in [0.15, 0.2) is 0 Å². The van der Waals surface area contributed by atoms with Crippen molar-refractivity contribution < 1.29 is 8.42 Å². The smallest absolute Gasteiger partial charge is 0.240 e. The summed E-state index contributed by atoms with van der Waals surface area (Å²) in [5.74, 6) is 0. The highest BCUT2D eigenvalue weighted by Crippen LogP contribution is 2.22. The van der Waals surface area contributed by atoms with Crippen LogP contribution in [0.2, 0.25) is 5.02 Å². The second-order valence-corrected chi connectivity index (χ2v) is 9.14. The molecule has 1 aromatic rings. The summed E-state index contributed by atoms with van der Waals surface area (Å²) >= 11 is 5.89. The number of nitrogen functional groups attached to an aromatic ring is 1. The third-order valence-electron chi connectivity index (χ3n) is 4.60. The zero-order chi connectivity index (χ0) is 19.3. The second kappa shape index (κ2) is 13.4. The van der Waals surface area contributed by atoms with Crippen LogP contribution < -0.4 is 10.5 Å². The van der Waals surface area contributed by atoms with Crippen LogP contribution in [0, 0.1) is 0 Å². The van der Waals surface area contributed by atoms with Crippen LogP contribution in [0.25, 0.3) is 0 Å². The van der Waals surface area contributed by atoms with Gasteiger partial charge in [-0.05, 0) is 24.6 Å². The lowest BCUT2D eigenvalue weighted by atomic mass is 10.1. The molecule has 0 spiro atoms. The van der Waals surface area contributed by atoms with E-state index in [1.807, 2.05) is 0 Å². The average molecular weight is 403 g/mol. The maximum Gasteiger partial charge on any atom is 0.240 e. The monoisotopic (exact) mass is 402 g/mol. The predicted molar refractivity (Wildman–Crippen MR) is 112 cm³/mol. The van der Waals surface area contributed by atoms with E-state index in [0.29, 0.717) is 12.2 Å². The van der Waals surface area contributed by atoms with Crippen molar-refractivity contribution in [2.75, 3.05) is 12.3 Å². The molecule has 0 amide bonds. The summed E-state index contributed by atoms with van der Waals surface area (Å²) in [6.07, 6.45) is 15.1. The minimum absolute atomic E-state index is 0.163. The highest BCUT2D eigenvalue weighted by atomic mass is 35.5. The van der Waals surface area contributed by atoms with Gasteiger partial charge in [0.05, 0.1) is 15.6 Å². The number of halogens is 1. The van der Waals surface area contributed by atoms with Crippen molar-refractivity contribution in [3.05, 3.63) is 23.2 Å². The molecular weight excluding hydrogens is 368 g/mol. The molecule has 0 saturated carbocycles. The molecule has 0 aliphatic carbocycles. The third-order valence-corrected chi connectivity index (χ3v) is 6.39. The van der Waals surface area contributed by atoms with Crippen molar-refractivity contribution in [3.8, 4) is 0 Å². The lowest BCUT2D eigenvalue weighted by Crippen LogP contribution is -2.24. The van der Waals surface area contributed by atoms with Crippen LogP contribution in [-0.4, -0.2) is 15.0 Å². The van der Waals surface area contributed by atoms with E-state index in [2.05, 4.69) is 11.6 Å². The first-order chi connectivity index (χ1) is 12.5. The lowest BCUT2D eigenvalue weighted by Gasteiger charge is -2.08. The minimum Gasteiger partial charge on any atom is -0.398 e. The molecule has 0 aliphatic rings. The number of nitrogens with two attached hydrogens (primary N) is 1. The SMILES string of the molecule is CCCCCCCCCCCCCCNS(=O)(=O)c1ccc(N)c(Cl)c1. The zero-order valence-electron chi connectivity index (χ0n) is 16.1. The van der Waals surface area contributed by atoms with E-state index in [-0.39, 0.29) is 9.92 Å². The number of hydrogen-bond donors (Lipinski definition) is 2. The van der Waals surface area contributed by atoms with Crippen molar-refractivity contribution in [1.29, 1.82) is 0 Å². The lowest BCUT2D eigenvalue weighted by molar-refractivity contribution is 0.540. The van der Waals surface area contributed by atoms with E-state index in [4.69, 9.17) is 17.3 Å². The Balaban J connectivity index is 2.04. The summed E-state index contributed by atoms with van der Waals surface area (Å²) in [5.41, 5.74) is 5.99. The molecule has 26 heavy (non-hydrogen) atoms. The van der Waals surface area contributed by atoms with Crippen LogP contribution in [0.3, 0.4) is 0 Å². The Morgan fingerprint density at radius 1 is 0.885 bits per heavy atom. The molecule has 1 aromatic carbocycles. The first kappa shape index (κ1) is 23.3. The Labute approximate surface area is 164 Å². The molecule has 1 rings (SSSR count). The Kier molecular flexibility index (Phi) is 12.0. The van der Waals surface area contributed by atoms with E-state index in [1.165, 1.54) is 82.4 Å². The maximum absolute atomic E-state index is 12.2. The molecule has 3 N–H and O–H groups in total. The molecule has 0 atom stereocenters. The van der Waals surface area contributed by atoms with Crippen LogP contribution in [0.5, 0.6) is 0 Å². The molecule has 0 bridgehead atoms. The fourth-order valence-electron chi connectivity index (χ4n) is 2.93. The number of nitrogens with one attached hydrogen (secondary N) is 1. The summed E-state index contributed by atoms with van der Waals surface area (Å²) in [7, 11) is -3.50. The van der Waals surface area contributed by atoms with E-state index >= 15 is 0 Å². The van der Waals surface area contributed by atoms with Crippen LogP contribution in [0.1, 0.15) is 84.0 Å². The van der Waals surface area contributed by atoms with Crippen molar-refractivity contribution in [2.45, 2.75) is 88.9 Å². The average Bonchev–Trinajstić information content (AvgIpc) is 2.61. The highest BCUT2D eigenvalue weighted by molar-refractivity contribution is 7.89. The van der Waals surface area contributed by atoms with E-state index in [0.717, 1.165) is 12.8 Å². The van der Waals surface area contributed by atoms with E-state index < -0.39 is 10.0 Å². The van der Waals surface area contributed by atoms with Crippen LogP contribution in [0.15, 0.2) is 23.1 Å². The third kappa shape index (κ3) is 9.79. The number of benzene rings is 1.